The van der Waals surface area contributed by atoms with Crippen LogP contribution in [0, 0.1) is 0 Å². The van der Waals surface area contributed by atoms with Gasteiger partial charge in [0.15, 0.2) is 17.0 Å². The summed E-state index contributed by atoms with van der Waals surface area (Å²) in [5.41, 5.74) is 9.64. The molecule has 1 fully saturated rings. The maximum Gasteiger partial charge on any atom is 0.303 e. The van der Waals surface area contributed by atoms with E-state index in [0.717, 1.165) is 18.8 Å². The molecule has 0 radical (unpaired) electrons. The topological polar surface area (TPSA) is 82.1 Å². The summed E-state index contributed by atoms with van der Waals surface area (Å²) in [5, 5.41) is 0. The number of methoxy groups -OCH3 is 1. The van der Waals surface area contributed by atoms with E-state index in [1.165, 1.54) is 5.56 Å². The van der Waals surface area contributed by atoms with Gasteiger partial charge in [0.25, 0.3) is 0 Å². The highest BCUT2D eigenvalue weighted by molar-refractivity contribution is 5.84. The standard InChI is InChI=1S/C18H22N6O/c1-4-14-20-16(19)15-17(21-14)24(18(22-15)25-3)13-7-5-6-11(8-13)12-9-23(2)10-12/h5-8,12H,4,9-10H2,1-3H3,(H2,19,20,21). The van der Waals surface area contributed by atoms with Gasteiger partial charge in [-0.05, 0) is 24.7 Å². The fourth-order valence-electron chi connectivity index (χ4n) is 3.36. The normalized spacial score (nSPS) is 15.5. The van der Waals surface area contributed by atoms with Crippen LogP contribution >= 0.6 is 0 Å². The molecule has 7 nitrogen and oxygen atoms in total. The molecule has 0 unspecified atom stereocenters. The third-order valence-corrected chi connectivity index (χ3v) is 4.71. The third-order valence-electron chi connectivity index (χ3n) is 4.71. The van der Waals surface area contributed by atoms with E-state index in [1.54, 1.807) is 7.11 Å². The van der Waals surface area contributed by atoms with Gasteiger partial charge in [0.1, 0.15) is 5.82 Å². The number of nitrogen functional groups attached to an aromatic ring is 1. The highest BCUT2D eigenvalue weighted by atomic mass is 16.5. The van der Waals surface area contributed by atoms with Crippen molar-refractivity contribution in [3.8, 4) is 11.7 Å². The molecule has 130 valence electrons. The van der Waals surface area contributed by atoms with Crippen LogP contribution in [0.2, 0.25) is 0 Å². The molecular formula is C18H22N6O. The first-order valence-electron chi connectivity index (χ1n) is 8.48. The van der Waals surface area contributed by atoms with Crippen molar-refractivity contribution < 1.29 is 4.74 Å². The number of likely N-dealkylation sites (N-methyl/N-ethyl adjacent to an activating group) is 1. The second-order valence-electron chi connectivity index (χ2n) is 6.50. The molecule has 3 aromatic rings. The lowest BCUT2D eigenvalue weighted by atomic mass is 9.92. The van der Waals surface area contributed by atoms with E-state index in [9.17, 15) is 0 Å². The van der Waals surface area contributed by atoms with E-state index in [1.807, 2.05) is 17.6 Å². The van der Waals surface area contributed by atoms with E-state index in [2.05, 4.69) is 45.1 Å². The van der Waals surface area contributed by atoms with Gasteiger partial charge in [0.2, 0.25) is 0 Å². The molecule has 0 aliphatic carbocycles. The van der Waals surface area contributed by atoms with Crippen LogP contribution in [0.1, 0.15) is 24.2 Å². The van der Waals surface area contributed by atoms with Gasteiger partial charge in [0.05, 0.1) is 12.8 Å². The fraction of sp³-hybridized carbons (Fsp3) is 0.389. The van der Waals surface area contributed by atoms with Gasteiger partial charge in [-0.2, -0.15) is 4.98 Å². The minimum Gasteiger partial charge on any atom is -0.468 e. The Kier molecular flexibility index (Phi) is 3.80. The first-order chi connectivity index (χ1) is 12.1. The number of aryl methyl sites for hydroxylation is 1. The molecule has 2 N–H and O–H groups in total. The number of nitrogens with zero attached hydrogens (tertiary/aromatic N) is 5. The predicted octanol–water partition coefficient (Wildman–Crippen LogP) is 2.00. The number of rotatable bonds is 4. The lowest BCUT2D eigenvalue weighted by Gasteiger charge is -2.36. The van der Waals surface area contributed by atoms with E-state index >= 15 is 0 Å². The molecule has 3 heterocycles. The molecule has 1 aliphatic heterocycles. The van der Waals surface area contributed by atoms with Gasteiger partial charge in [-0.3, -0.25) is 0 Å². The molecule has 0 amide bonds. The minimum absolute atomic E-state index is 0.385. The molecular weight excluding hydrogens is 316 g/mol. The fourth-order valence-corrected chi connectivity index (χ4v) is 3.36. The summed E-state index contributed by atoms with van der Waals surface area (Å²) >= 11 is 0. The second-order valence-corrected chi connectivity index (χ2v) is 6.50. The van der Waals surface area contributed by atoms with E-state index in [0.29, 0.717) is 41.2 Å². The summed E-state index contributed by atoms with van der Waals surface area (Å²) in [7, 11) is 3.74. The quantitative estimate of drug-likeness (QED) is 0.783. The molecule has 2 aromatic heterocycles. The van der Waals surface area contributed by atoms with Crippen molar-refractivity contribution in [3.05, 3.63) is 35.7 Å². The third kappa shape index (κ3) is 2.60. The molecule has 0 atom stereocenters. The van der Waals surface area contributed by atoms with Crippen molar-refractivity contribution in [2.45, 2.75) is 19.3 Å². The minimum atomic E-state index is 0.385. The van der Waals surface area contributed by atoms with Gasteiger partial charge < -0.3 is 15.4 Å². The summed E-state index contributed by atoms with van der Waals surface area (Å²) in [4.78, 5) is 15.7. The van der Waals surface area contributed by atoms with Gasteiger partial charge >= 0.3 is 6.01 Å². The zero-order chi connectivity index (χ0) is 17.6. The van der Waals surface area contributed by atoms with Crippen molar-refractivity contribution >= 4 is 17.0 Å². The number of likely N-dealkylation sites (tertiary alicyclic amines) is 1. The smallest absolute Gasteiger partial charge is 0.303 e. The van der Waals surface area contributed by atoms with Crippen LogP contribution in [0.5, 0.6) is 6.01 Å². The molecule has 1 aliphatic rings. The van der Waals surface area contributed by atoms with Crippen molar-refractivity contribution in [2.75, 3.05) is 33.0 Å². The summed E-state index contributed by atoms with van der Waals surface area (Å²) in [5.74, 6) is 1.65. The number of imidazole rings is 1. The Bertz CT molecular complexity index is 929. The Morgan fingerprint density at radius 1 is 1.24 bits per heavy atom. The van der Waals surface area contributed by atoms with Crippen LogP contribution in [0.3, 0.4) is 0 Å². The monoisotopic (exact) mass is 338 g/mol. The molecule has 7 heteroatoms. The summed E-state index contributed by atoms with van der Waals surface area (Å²) < 4.78 is 7.41. The zero-order valence-electron chi connectivity index (χ0n) is 14.7. The summed E-state index contributed by atoms with van der Waals surface area (Å²) in [6, 6.07) is 8.93. The molecule has 25 heavy (non-hydrogen) atoms. The van der Waals surface area contributed by atoms with Crippen molar-refractivity contribution in [2.24, 2.45) is 0 Å². The first kappa shape index (κ1) is 15.8. The predicted molar refractivity (Wildman–Crippen MR) is 97.2 cm³/mol. The van der Waals surface area contributed by atoms with Crippen LogP contribution in [-0.4, -0.2) is 51.7 Å². The molecule has 0 spiro atoms. The van der Waals surface area contributed by atoms with E-state index in [4.69, 9.17) is 10.5 Å². The maximum atomic E-state index is 6.08. The van der Waals surface area contributed by atoms with Crippen LogP contribution in [0.25, 0.3) is 16.9 Å². The maximum absolute atomic E-state index is 6.08. The van der Waals surface area contributed by atoms with E-state index < -0.39 is 0 Å². The largest absolute Gasteiger partial charge is 0.468 e. The van der Waals surface area contributed by atoms with Crippen molar-refractivity contribution in [1.82, 2.24) is 24.4 Å². The Morgan fingerprint density at radius 2 is 2.04 bits per heavy atom. The summed E-state index contributed by atoms with van der Waals surface area (Å²) in [6.07, 6.45) is 0.710. The number of ether oxygens (including phenoxy) is 1. The van der Waals surface area contributed by atoms with Crippen LogP contribution < -0.4 is 10.5 Å². The Balaban J connectivity index is 1.88. The van der Waals surface area contributed by atoms with Crippen LogP contribution in [0.15, 0.2) is 24.3 Å². The molecule has 0 saturated carbocycles. The number of benzene rings is 1. The Labute approximate surface area is 146 Å². The summed E-state index contributed by atoms with van der Waals surface area (Å²) in [6.45, 7) is 4.17. The molecule has 0 bridgehead atoms. The number of fused-ring (bicyclic) bond motifs is 1. The number of hydrogen-bond acceptors (Lipinski definition) is 6. The van der Waals surface area contributed by atoms with Gasteiger partial charge in [-0.25, -0.2) is 14.5 Å². The number of nitrogens with two attached hydrogens (primary N) is 1. The molecule has 1 aromatic carbocycles. The van der Waals surface area contributed by atoms with Gasteiger partial charge in [-0.1, -0.05) is 19.1 Å². The van der Waals surface area contributed by atoms with Crippen molar-refractivity contribution in [3.63, 3.8) is 0 Å². The van der Waals surface area contributed by atoms with Gasteiger partial charge in [-0.15, -0.1) is 0 Å². The number of aromatic nitrogens is 4. The first-order valence-corrected chi connectivity index (χ1v) is 8.48. The highest BCUT2D eigenvalue weighted by Crippen LogP contribution is 2.31. The van der Waals surface area contributed by atoms with Gasteiger partial charge in [0, 0.05) is 25.4 Å². The SMILES string of the molecule is CCc1nc(N)c2nc(OC)n(-c3cccc(C4CN(C)C4)c3)c2n1. The van der Waals surface area contributed by atoms with Crippen LogP contribution in [-0.2, 0) is 6.42 Å². The number of hydrogen-bond donors (Lipinski definition) is 1. The van der Waals surface area contributed by atoms with Crippen molar-refractivity contribution in [1.29, 1.82) is 0 Å². The lowest BCUT2D eigenvalue weighted by molar-refractivity contribution is 0.190. The highest BCUT2D eigenvalue weighted by Gasteiger charge is 2.25. The molecule has 1 saturated heterocycles. The van der Waals surface area contributed by atoms with Crippen LogP contribution in [0.4, 0.5) is 5.82 Å². The Morgan fingerprint density at radius 3 is 2.72 bits per heavy atom. The average Bonchev–Trinajstić information content (AvgIpc) is 2.98. The molecule has 4 rings (SSSR count). The second kappa shape index (κ2) is 6.00. The average molecular weight is 338 g/mol. The Hall–Kier alpha value is -2.67. The lowest BCUT2D eigenvalue weighted by Crippen LogP contribution is -2.41. The number of anilines is 1. The van der Waals surface area contributed by atoms with E-state index in [-0.39, 0.29) is 0 Å². The zero-order valence-corrected chi connectivity index (χ0v) is 14.7.